The molecular weight excluding hydrogens is 482 g/mol. The first-order valence-corrected chi connectivity index (χ1v) is 14.1. The maximum Gasteiger partial charge on any atom is 0.356 e. The van der Waals surface area contributed by atoms with Crippen LogP contribution in [0, 0.1) is 0 Å². The Hall–Kier alpha value is -2.32. The van der Waals surface area contributed by atoms with Crippen molar-refractivity contribution in [3.05, 3.63) is 48.5 Å². The Kier molecular flexibility index (Phi) is 10.6. The maximum absolute atomic E-state index is 12.0. The lowest BCUT2D eigenvalue weighted by Gasteiger charge is -2.08. The zero-order valence-corrected chi connectivity index (χ0v) is 20.4. The highest BCUT2D eigenvalue weighted by atomic mass is 31.2. The number of nitrogens with one attached hydrogen (secondary N) is 2. The van der Waals surface area contributed by atoms with E-state index in [-0.39, 0.29) is 22.4 Å². The highest BCUT2D eigenvalue weighted by molar-refractivity contribution is 7.60. The van der Waals surface area contributed by atoms with Crippen molar-refractivity contribution in [3.8, 4) is 0 Å². The zero-order chi connectivity index (χ0) is 25.2. The summed E-state index contributed by atoms with van der Waals surface area (Å²) in [6, 6.07) is 11.0. The minimum Gasteiger partial charge on any atom is -0.326 e. The van der Waals surface area contributed by atoms with Gasteiger partial charge in [0.2, 0.25) is 11.8 Å². The van der Waals surface area contributed by atoms with E-state index >= 15 is 0 Å². The van der Waals surface area contributed by atoms with E-state index in [9.17, 15) is 18.7 Å². The molecule has 0 heterocycles. The van der Waals surface area contributed by atoms with Crippen LogP contribution in [-0.2, 0) is 18.7 Å². The van der Waals surface area contributed by atoms with E-state index in [1.165, 1.54) is 48.5 Å². The predicted octanol–water partition coefficient (Wildman–Crippen LogP) is 2.99. The molecule has 0 saturated heterocycles. The molecule has 0 bridgehead atoms. The van der Waals surface area contributed by atoms with Crippen LogP contribution in [0.3, 0.4) is 0 Å². The summed E-state index contributed by atoms with van der Waals surface area (Å²) in [4.78, 5) is 60.3. The zero-order valence-electron chi connectivity index (χ0n) is 18.6. The van der Waals surface area contributed by atoms with Gasteiger partial charge in [-0.25, -0.2) is 0 Å². The van der Waals surface area contributed by atoms with Gasteiger partial charge in [0, 0.05) is 24.2 Å². The summed E-state index contributed by atoms with van der Waals surface area (Å²) in [5.41, 5.74) is 0.969. The minimum absolute atomic E-state index is 0.0974. The van der Waals surface area contributed by atoms with Crippen LogP contribution in [0.4, 0.5) is 11.4 Å². The molecule has 0 aliphatic heterocycles. The van der Waals surface area contributed by atoms with Crippen molar-refractivity contribution in [2.75, 3.05) is 10.6 Å². The Bertz CT molecular complexity index is 960. The summed E-state index contributed by atoms with van der Waals surface area (Å²) in [7, 11) is -8.59. The molecule has 2 aromatic rings. The van der Waals surface area contributed by atoms with Gasteiger partial charge in [-0.2, -0.15) is 0 Å². The van der Waals surface area contributed by atoms with Gasteiger partial charge in [0.15, 0.2) is 0 Å². The van der Waals surface area contributed by atoms with Crippen molar-refractivity contribution in [2.45, 2.75) is 51.4 Å². The molecule has 0 saturated carbocycles. The first-order valence-electron chi connectivity index (χ1n) is 10.9. The average molecular weight is 512 g/mol. The second-order valence-electron chi connectivity index (χ2n) is 7.90. The highest BCUT2D eigenvalue weighted by Gasteiger charge is 2.17. The molecule has 0 spiro atoms. The average Bonchev–Trinajstić information content (AvgIpc) is 2.75. The van der Waals surface area contributed by atoms with Crippen molar-refractivity contribution in [1.82, 2.24) is 0 Å². The predicted molar refractivity (Wildman–Crippen MR) is 130 cm³/mol. The van der Waals surface area contributed by atoms with E-state index in [0.29, 0.717) is 24.2 Å². The number of carbonyl (C=O) groups excluding carboxylic acids is 2. The Morgan fingerprint density at radius 3 is 1.15 bits per heavy atom. The molecule has 12 heteroatoms. The van der Waals surface area contributed by atoms with Crippen LogP contribution in [0.15, 0.2) is 48.5 Å². The normalized spacial score (nSPS) is 11.8. The molecule has 0 radical (unpaired) electrons. The van der Waals surface area contributed by atoms with Crippen LogP contribution >= 0.6 is 15.2 Å². The lowest BCUT2D eigenvalue weighted by atomic mass is 10.1. The van der Waals surface area contributed by atoms with Crippen LogP contribution in [-0.4, -0.2) is 31.4 Å². The van der Waals surface area contributed by atoms with E-state index in [4.69, 9.17) is 19.6 Å². The van der Waals surface area contributed by atoms with E-state index in [1.54, 1.807) is 0 Å². The number of rotatable bonds is 13. The lowest BCUT2D eigenvalue weighted by Crippen LogP contribution is -2.12. The standard InChI is InChI=1S/C22H30N2O8P2/c25-21(23-17-9-13-19(14-10-17)33(27,28)29)7-5-3-1-2-4-6-8-22(26)24-18-11-15-20(16-12-18)34(30,31)32/h9-16H,1-8H2,(H,23,25)(H,24,26)(H2,27,28,29)(H2,30,31,32). The van der Waals surface area contributed by atoms with Crippen molar-refractivity contribution in [2.24, 2.45) is 0 Å². The Labute approximate surface area is 198 Å². The van der Waals surface area contributed by atoms with Gasteiger partial charge in [0.1, 0.15) is 0 Å². The fourth-order valence-corrected chi connectivity index (χ4v) is 4.28. The van der Waals surface area contributed by atoms with Crippen LogP contribution in [0.1, 0.15) is 51.4 Å². The molecule has 2 aromatic carbocycles. The third-order valence-electron chi connectivity index (χ3n) is 5.03. The van der Waals surface area contributed by atoms with Crippen LogP contribution in [0.2, 0.25) is 0 Å². The van der Waals surface area contributed by atoms with Crippen LogP contribution < -0.4 is 21.2 Å². The van der Waals surface area contributed by atoms with Crippen molar-refractivity contribution >= 4 is 49.0 Å². The van der Waals surface area contributed by atoms with E-state index in [0.717, 1.165) is 38.5 Å². The van der Waals surface area contributed by atoms with E-state index in [1.807, 2.05) is 0 Å². The van der Waals surface area contributed by atoms with E-state index < -0.39 is 15.2 Å². The van der Waals surface area contributed by atoms with Gasteiger partial charge in [0.05, 0.1) is 10.6 Å². The molecular formula is C22H30N2O8P2. The second kappa shape index (κ2) is 13.0. The molecule has 0 aliphatic rings. The summed E-state index contributed by atoms with van der Waals surface area (Å²) < 4.78 is 22.3. The van der Waals surface area contributed by atoms with E-state index in [2.05, 4.69) is 10.6 Å². The number of anilines is 2. The fourth-order valence-electron chi connectivity index (χ4n) is 3.20. The van der Waals surface area contributed by atoms with Gasteiger partial charge in [-0.05, 0) is 61.4 Å². The summed E-state index contributed by atoms with van der Waals surface area (Å²) in [5.74, 6) is -0.316. The number of benzene rings is 2. The number of hydrogen-bond acceptors (Lipinski definition) is 4. The molecule has 2 rings (SSSR count). The number of unbranched alkanes of at least 4 members (excludes halogenated alkanes) is 5. The number of carbonyl (C=O) groups is 2. The molecule has 6 N–H and O–H groups in total. The van der Waals surface area contributed by atoms with Gasteiger partial charge < -0.3 is 30.2 Å². The first kappa shape index (κ1) is 27.9. The largest absolute Gasteiger partial charge is 0.356 e. The lowest BCUT2D eigenvalue weighted by molar-refractivity contribution is -0.117. The molecule has 186 valence electrons. The van der Waals surface area contributed by atoms with Gasteiger partial charge in [-0.3, -0.25) is 18.7 Å². The smallest absolute Gasteiger partial charge is 0.326 e. The fraction of sp³-hybridized carbons (Fsp3) is 0.364. The minimum atomic E-state index is -4.29. The summed E-state index contributed by atoms with van der Waals surface area (Å²) >= 11 is 0. The Balaban J connectivity index is 1.53. The third kappa shape index (κ3) is 10.3. The summed E-state index contributed by atoms with van der Waals surface area (Å²) in [6.07, 6.45) is 5.78. The van der Waals surface area contributed by atoms with Gasteiger partial charge in [-0.15, -0.1) is 0 Å². The number of hydrogen-bond donors (Lipinski definition) is 6. The monoisotopic (exact) mass is 512 g/mol. The molecule has 0 aromatic heterocycles. The first-order chi connectivity index (χ1) is 15.9. The second-order valence-corrected chi connectivity index (χ2v) is 11.1. The SMILES string of the molecule is O=C(CCCCCCCCC(=O)Nc1ccc(P(=O)(O)O)cc1)Nc1ccc(P(=O)(O)O)cc1. The van der Waals surface area contributed by atoms with Crippen molar-refractivity contribution in [1.29, 1.82) is 0 Å². The molecule has 0 fully saturated rings. The Morgan fingerprint density at radius 2 is 0.853 bits per heavy atom. The molecule has 0 unspecified atom stereocenters. The van der Waals surface area contributed by atoms with Crippen LogP contribution in [0.25, 0.3) is 0 Å². The topological polar surface area (TPSA) is 173 Å². The van der Waals surface area contributed by atoms with Gasteiger partial charge in [-0.1, -0.05) is 25.7 Å². The molecule has 0 atom stereocenters. The maximum atomic E-state index is 12.0. The third-order valence-corrected chi connectivity index (χ3v) is 6.97. The van der Waals surface area contributed by atoms with Crippen LogP contribution in [0.5, 0.6) is 0 Å². The molecule has 0 aliphatic carbocycles. The Morgan fingerprint density at radius 1 is 0.559 bits per heavy atom. The molecule has 10 nitrogen and oxygen atoms in total. The number of amides is 2. The molecule has 34 heavy (non-hydrogen) atoms. The van der Waals surface area contributed by atoms with Crippen molar-refractivity contribution < 1.29 is 38.3 Å². The summed E-state index contributed by atoms with van der Waals surface area (Å²) in [6.45, 7) is 0. The van der Waals surface area contributed by atoms with Crippen molar-refractivity contribution in [3.63, 3.8) is 0 Å². The summed E-state index contributed by atoms with van der Waals surface area (Å²) in [5, 5.41) is 5.20. The highest BCUT2D eigenvalue weighted by Crippen LogP contribution is 2.34. The quantitative estimate of drug-likeness (QED) is 0.175. The van der Waals surface area contributed by atoms with Gasteiger partial charge >= 0.3 is 15.2 Å². The van der Waals surface area contributed by atoms with Gasteiger partial charge in [0.25, 0.3) is 0 Å². The molecule has 2 amide bonds.